The number of hydrogen-bond acceptors (Lipinski definition) is 10. The molecule has 4 aromatic rings. The summed E-state index contributed by atoms with van der Waals surface area (Å²) in [6.45, 7) is 3.20. The topological polar surface area (TPSA) is 203 Å². The standard InChI is InChI=1S/C33H32N4O10S2/c1-22-8-3-14-28(18-22)48(42,43)36-32(40)34-26-12-5-10-24(20-26)30(38)46-16-7-17-47-31(39)25-11-6-13-27(21-25)35-33(41)37-49(44,45)29-15-4-9-23(2)19-29/h3-6,8-15,18-21H,7,16-17H2,1-2H3,(H2,34,36,40)(H2,35,37,41). The van der Waals surface area contributed by atoms with Gasteiger partial charge in [0, 0.05) is 17.8 Å². The highest BCUT2D eigenvalue weighted by molar-refractivity contribution is 7.90. The Kier molecular flexibility index (Phi) is 11.7. The number of sulfonamides is 2. The van der Waals surface area contributed by atoms with Gasteiger partial charge < -0.3 is 20.1 Å². The molecule has 4 amide bonds. The lowest BCUT2D eigenvalue weighted by Crippen LogP contribution is -2.34. The van der Waals surface area contributed by atoms with E-state index in [0.29, 0.717) is 11.1 Å². The normalized spacial score (nSPS) is 11.1. The first-order valence-electron chi connectivity index (χ1n) is 14.6. The van der Waals surface area contributed by atoms with Crippen LogP contribution in [-0.4, -0.2) is 54.1 Å². The lowest BCUT2D eigenvalue weighted by atomic mass is 10.2. The maximum atomic E-state index is 12.5. The van der Waals surface area contributed by atoms with Crippen molar-refractivity contribution < 1.29 is 45.5 Å². The number of urea groups is 2. The Morgan fingerprint density at radius 1 is 0.551 bits per heavy atom. The van der Waals surface area contributed by atoms with Gasteiger partial charge in [-0.05, 0) is 85.6 Å². The van der Waals surface area contributed by atoms with Gasteiger partial charge in [-0.3, -0.25) is 0 Å². The monoisotopic (exact) mass is 708 g/mol. The summed E-state index contributed by atoms with van der Waals surface area (Å²) in [4.78, 5) is 49.6. The molecule has 14 nitrogen and oxygen atoms in total. The molecule has 0 aliphatic heterocycles. The third-order valence-corrected chi connectivity index (χ3v) is 9.18. The van der Waals surface area contributed by atoms with Gasteiger partial charge in [0.15, 0.2) is 0 Å². The first kappa shape index (κ1) is 36.1. The molecule has 0 spiro atoms. The van der Waals surface area contributed by atoms with E-state index in [4.69, 9.17) is 9.47 Å². The number of rotatable bonds is 12. The number of anilines is 2. The minimum absolute atomic E-state index is 0.0788. The number of nitrogens with one attached hydrogen (secondary N) is 4. The molecule has 0 unspecified atom stereocenters. The van der Waals surface area contributed by atoms with Crippen molar-refractivity contribution >= 4 is 55.4 Å². The van der Waals surface area contributed by atoms with Gasteiger partial charge in [0.1, 0.15) is 0 Å². The molecule has 16 heteroatoms. The Bertz CT molecular complexity index is 1950. The highest BCUT2D eigenvalue weighted by Gasteiger charge is 2.20. The lowest BCUT2D eigenvalue weighted by Gasteiger charge is -2.11. The number of aryl methyl sites for hydroxylation is 2. The van der Waals surface area contributed by atoms with Crippen LogP contribution in [0.3, 0.4) is 0 Å². The molecule has 256 valence electrons. The van der Waals surface area contributed by atoms with E-state index in [1.54, 1.807) is 38.1 Å². The van der Waals surface area contributed by atoms with Crippen LogP contribution in [0.15, 0.2) is 107 Å². The fourth-order valence-electron chi connectivity index (χ4n) is 4.24. The molecule has 0 heterocycles. The minimum Gasteiger partial charge on any atom is -0.462 e. The number of ether oxygens (including phenoxy) is 2. The molecule has 49 heavy (non-hydrogen) atoms. The van der Waals surface area contributed by atoms with Gasteiger partial charge in [0.2, 0.25) is 0 Å². The van der Waals surface area contributed by atoms with Gasteiger partial charge >= 0.3 is 24.0 Å². The second-order valence-corrected chi connectivity index (χ2v) is 13.9. The van der Waals surface area contributed by atoms with Gasteiger partial charge in [0.05, 0.1) is 34.1 Å². The average molecular weight is 709 g/mol. The second kappa shape index (κ2) is 15.9. The summed E-state index contributed by atoms with van der Waals surface area (Å²) in [7, 11) is -8.24. The fourth-order valence-corrected chi connectivity index (χ4v) is 6.27. The van der Waals surface area contributed by atoms with E-state index in [1.165, 1.54) is 72.8 Å². The van der Waals surface area contributed by atoms with E-state index < -0.39 is 44.0 Å². The van der Waals surface area contributed by atoms with Crippen LogP contribution in [0.4, 0.5) is 21.0 Å². The molecular formula is C33H32N4O10S2. The van der Waals surface area contributed by atoms with E-state index in [2.05, 4.69) is 10.6 Å². The molecule has 0 atom stereocenters. The average Bonchev–Trinajstić information content (AvgIpc) is 3.04. The van der Waals surface area contributed by atoms with Crippen molar-refractivity contribution in [1.29, 1.82) is 0 Å². The van der Waals surface area contributed by atoms with Crippen LogP contribution in [0.1, 0.15) is 38.3 Å². The molecule has 0 saturated carbocycles. The second-order valence-electron chi connectivity index (χ2n) is 10.5. The lowest BCUT2D eigenvalue weighted by molar-refractivity contribution is 0.0395. The van der Waals surface area contributed by atoms with E-state index in [9.17, 15) is 36.0 Å². The smallest absolute Gasteiger partial charge is 0.338 e. The summed E-state index contributed by atoms with van der Waals surface area (Å²) < 4.78 is 64.2. The number of benzene rings is 4. The molecular weight excluding hydrogens is 677 g/mol. The molecule has 0 aliphatic rings. The zero-order valence-corrected chi connectivity index (χ0v) is 27.9. The third-order valence-electron chi connectivity index (χ3n) is 6.52. The van der Waals surface area contributed by atoms with Crippen molar-refractivity contribution in [2.45, 2.75) is 30.1 Å². The maximum absolute atomic E-state index is 12.5. The molecule has 0 bridgehead atoms. The molecule has 0 aromatic heterocycles. The highest BCUT2D eigenvalue weighted by atomic mass is 32.2. The van der Waals surface area contributed by atoms with Crippen molar-refractivity contribution in [2.24, 2.45) is 0 Å². The molecule has 4 N–H and O–H groups in total. The molecule has 4 rings (SSSR count). The molecule has 0 radical (unpaired) electrons. The summed E-state index contributed by atoms with van der Waals surface area (Å²) in [6.07, 6.45) is 0.145. The first-order chi connectivity index (χ1) is 23.2. The van der Waals surface area contributed by atoms with E-state index in [1.807, 2.05) is 9.44 Å². The molecule has 0 aliphatic carbocycles. The van der Waals surface area contributed by atoms with E-state index in [-0.39, 0.29) is 51.9 Å². The minimum atomic E-state index is -4.12. The first-order valence-corrected chi connectivity index (χ1v) is 17.5. The van der Waals surface area contributed by atoms with Crippen LogP contribution in [0, 0.1) is 13.8 Å². The Hall–Kier alpha value is -5.74. The summed E-state index contributed by atoms with van der Waals surface area (Å²) in [6, 6.07) is 21.4. The van der Waals surface area contributed by atoms with Gasteiger partial charge in [-0.2, -0.15) is 0 Å². The Labute approximate surface area is 282 Å². The molecule has 0 saturated heterocycles. The van der Waals surface area contributed by atoms with Crippen LogP contribution < -0.4 is 20.1 Å². The van der Waals surface area contributed by atoms with Crippen molar-refractivity contribution in [1.82, 2.24) is 9.44 Å². The number of carbonyl (C=O) groups is 4. The fraction of sp³-hybridized carbons (Fsp3) is 0.152. The summed E-state index contributed by atoms with van der Waals surface area (Å²) in [5, 5.41) is 4.73. The van der Waals surface area contributed by atoms with Crippen molar-refractivity contribution in [3.8, 4) is 0 Å². The van der Waals surface area contributed by atoms with Gasteiger partial charge in [-0.25, -0.2) is 45.5 Å². The quantitative estimate of drug-likeness (QED) is 0.118. The Morgan fingerprint density at radius 3 is 1.33 bits per heavy atom. The van der Waals surface area contributed by atoms with Crippen LogP contribution in [0.5, 0.6) is 0 Å². The summed E-state index contributed by atoms with van der Waals surface area (Å²) >= 11 is 0. The van der Waals surface area contributed by atoms with Crippen LogP contribution in [0.2, 0.25) is 0 Å². The summed E-state index contributed by atoms with van der Waals surface area (Å²) in [5.41, 5.74) is 1.84. The predicted octanol–water partition coefficient (Wildman–Crippen LogP) is 4.73. The van der Waals surface area contributed by atoms with E-state index >= 15 is 0 Å². The number of hydrogen-bond donors (Lipinski definition) is 4. The Morgan fingerprint density at radius 2 is 0.939 bits per heavy atom. The largest absolute Gasteiger partial charge is 0.462 e. The molecule has 4 aromatic carbocycles. The van der Waals surface area contributed by atoms with Gasteiger partial charge in [-0.15, -0.1) is 0 Å². The number of carbonyl (C=O) groups excluding carboxylic acids is 4. The van der Waals surface area contributed by atoms with Crippen molar-refractivity contribution in [3.63, 3.8) is 0 Å². The Balaban J connectivity index is 1.21. The van der Waals surface area contributed by atoms with E-state index in [0.717, 1.165) is 0 Å². The van der Waals surface area contributed by atoms with Crippen molar-refractivity contribution in [2.75, 3.05) is 23.8 Å². The predicted molar refractivity (Wildman–Crippen MR) is 179 cm³/mol. The zero-order valence-electron chi connectivity index (χ0n) is 26.3. The summed E-state index contributed by atoms with van der Waals surface area (Å²) in [5.74, 6) is -1.46. The number of esters is 2. The molecule has 0 fully saturated rings. The third kappa shape index (κ3) is 10.6. The van der Waals surface area contributed by atoms with Crippen LogP contribution in [0.25, 0.3) is 0 Å². The van der Waals surface area contributed by atoms with Crippen LogP contribution in [-0.2, 0) is 29.5 Å². The van der Waals surface area contributed by atoms with Gasteiger partial charge in [0.25, 0.3) is 20.0 Å². The van der Waals surface area contributed by atoms with Crippen molar-refractivity contribution in [3.05, 3.63) is 119 Å². The van der Waals surface area contributed by atoms with Crippen LogP contribution >= 0.6 is 0 Å². The highest BCUT2D eigenvalue weighted by Crippen LogP contribution is 2.16. The zero-order chi connectivity index (χ0) is 35.6. The maximum Gasteiger partial charge on any atom is 0.338 e. The SMILES string of the molecule is Cc1cccc(S(=O)(=O)NC(=O)Nc2cccc(C(=O)OCCCOC(=O)c3cccc(NC(=O)NS(=O)(=O)c4cccc(C)c4)c3)c2)c1. The van der Waals surface area contributed by atoms with Gasteiger partial charge in [-0.1, -0.05) is 36.4 Å². The number of amides is 4.